The van der Waals surface area contributed by atoms with Crippen LogP contribution in [0, 0.1) is 0 Å². The van der Waals surface area contributed by atoms with E-state index in [1.54, 1.807) is 11.8 Å². The van der Waals surface area contributed by atoms with E-state index >= 15 is 0 Å². The second-order valence-electron chi connectivity index (χ2n) is 9.02. The van der Waals surface area contributed by atoms with Gasteiger partial charge in [0.1, 0.15) is 5.82 Å². The van der Waals surface area contributed by atoms with Crippen molar-refractivity contribution in [3.8, 4) is 0 Å². The summed E-state index contributed by atoms with van der Waals surface area (Å²) in [5.41, 5.74) is 22.7. The number of halogens is 1. The number of nitrogens with two attached hydrogens (primary N) is 3. The molecule has 1 aliphatic heterocycles. The van der Waals surface area contributed by atoms with Gasteiger partial charge in [-0.1, -0.05) is 30.7 Å². The van der Waals surface area contributed by atoms with Gasteiger partial charge < -0.3 is 21.2 Å². The predicted octanol–water partition coefficient (Wildman–Crippen LogP) is 3.49. The maximum atomic E-state index is 6.56. The van der Waals surface area contributed by atoms with Crippen LogP contribution in [0.3, 0.4) is 0 Å². The Hall–Kier alpha value is -1.75. The summed E-state index contributed by atoms with van der Waals surface area (Å²) in [4.78, 5) is 12.2. The average Bonchev–Trinajstić information content (AvgIpc) is 3.26. The first-order valence-electron chi connectivity index (χ1n) is 12.8. The Labute approximate surface area is 225 Å². The molecule has 3 rings (SSSR count). The Kier molecular flexibility index (Phi) is 11.9. The lowest BCUT2D eigenvalue weighted by Crippen LogP contribution is -2.44. The van der Waals surface area contributed by atoms with Crippen molar-refractivity contribution in [2.45, 2.75) is 51.4 Å². The number of ether oxygens (including phenoxy) is 1. The highest BCUT2D eigenvalue weighted by Gasteiger charge is 2.25. The summed E-state index contributed by atoms with van der Waals surface area (Å²) in [5, 5.41) is 0.705. The Morgan fingerprint density at radius 2 is 2.06 bits per heavy atom. The Balaban J connectivity index is 1.87. The predicted molar refractivity (Wildman–Crippen MR) is 155 cm³/mol. The maximum Gasteiger partial charge on any atom is 0.180 e. The van der Waals surface area contributed by atoms with E-state index < -0.39 is 6.29 Å². The number of aliphatic imine (C=N–C) groups is 1. The van der Waals surface area contributed by atoms with Crippen molar-refractivity contribution in [2.24, 2.45) is 22.2 Å². The Morgan fingerprint density at radius 1 is 1.28 bits per heavy atom. The summed E-state index contributed by atoms with van der Waals surface area (Å²) in [6, 6.07) is 7.13. The molecule has 1 aliphatic rings. The molecule has 0 radical (unpaired) electrons. The summed E-state index contributed by atoms with van der Waals surface area (Å²) in [6.07, 6.45) is 9.26. The van der Waals surface area contributed by atoms with Gasteiger partial charge in [-0.05, 0) is 67.9 Å². The molecule has 1 aromatic heterocycles. The number of nitrogens with one attached hydrogen (secondary N) is 1. The zero-order valence-electron chi connectivity index (χ0n) is 21.6. The molecule has 2 atom stereocenters. The SMILES string of the molecule is CCc1cc(CCC(CCN)N2CCOCC2)ccc1N(c1[nH]cc(Cl)c1CCSC)C(N)/N=C/N. The van der Waals surface area contributed by atoms with Crippen LogP contribution in [0.5, 0.6) is 0 Å². The van der Waals surface area contributed by atoms with Gasteiger partial charge in [0.15, 0.2) is 6.29 Å². The fourth-order valence-corrected chi connectivity index (χ4v) is 5.56. The van der Waals surface area contributed by atoms with Gasteiger partial charge >= 0.3 is 0 Å². The third-order valence-electron chi connectivity index (χ3n) is 6.82. The maximum absolute atomic E-state index is 6.56. The third kappa shape index (κ3) is 7.40. The van der Waals surface area contributed by atoms with Crippen molar-refractivity contribution in [2.75, 3.05) is 49.8 Å². The second-order valence-corrected chi connectivity index (χ2v) is 10.4. The molecule has 0 saturated carbocycles. The van der Waals surface area contributed by atoms with E-state index in [-0.39, 0.29) is 0 Å². The van der Waals surface area contributed by atoms with Crippen molar-refractivity contribution in [1.29, 1.82) is 0 Å². The van der Waals surface area contributed by atoms with Crippen LogP contribution < -0.4 is 22.1 Å². The highest BCUT2D eigenvalue weighted by Crippen LogP contribution is 2.36. The fourth-order valence-electron chi connectivity index (χ4n) is 4.92. The molecule has 200 valence electrons. The Bertz CT molecular complexity index is 964. The van der Waals surface area contributed by atoms with Crippen molar-refractivity contribution in [3.05, 3.63) is 46.1 Å². The van der Waals surface area contributed by atoms with Gasteiger partial charge in [0.2, 0.25) is 0 Å². The first-order chi connectivity index (χ1) is 17.5. The highest BCUT2D eigenvalue weighted by atomic mass is 35.5. The van der Waals surface area contributed by atoms with Crippen LogP contribution in [0.2, 0.25) is 5.02 Å². The lowest BCUT2D eigenvalue weighted by Gasteiger charge is -2.34. The number of benzene rings is 1. The number of aromatic nitrogens is 1. The molecule has 1 fully saturated rings. The van der Waals surface area contributed by atoms with E-state index in [2.05, 4.69) is 46.3 Å². The smallest absolute Gasteiger partial charge is 0.180 e. The first-order valence-corrected chi connectivity index (χ1v) is 14.6. The van der Waals surface area contributed by atoms with E-state index in [1.165, 1.54) is 17.5 Å². The minimum Gasteiger partial charge on any atom is -0.390 e. The standard InChI is InChI=1S/C26H42ClN7OS/c1-3-20-16-19(4-6-21(8-10-28)33-11-13-35-14-12-33)5-7-24(20)34(26(30)32-18-29)25-22(9-15-36-2)23(27)17-31-25/h5,7,16-18,21,26,31H,3-4,6,8-15,28,30H2,1-2H3,(H2,29,32). The molecular weight excluding hydrogens is 494 g/mol. The molecule has 1 saturated heterocycles. The van der Waals surface area contributed by atoms with E-state index in [9.17, 15) is 0 Å². The van der Waals surface area contributed by atoms with Gasteiger partial charge in [-0.25, -0.2) is 4.99 Å². The summed E-state index contributed by atoms with van der Waals surface area (Å²) in [6.45, 7) is 6.44. The van der Waals surface area contributed by atoms with Crippen molar-refractivity contribution in [1.82, 2.24) is 9.88 Å². The van der Waals surface area contributed by atoms with Crippen molar-refractivity contribution < 1.29 is 4.74 Å². The number of thioether (sulfide) groups is 1. The van der Waals surface area contributed by atoms with Gasteiger partial charge in [0.25, 0.3) is 0 Å². The van der Waals surface area contributed by atoms with Gasteiger partial charge in [0, 0.05) is 36.6 Å². The molecule has 1 aromatic carbocycles. The van der Waals surface area contributed by atoms with E-state index in [1.807, 2.05) is 11.1 Å². The average molecular weight is 536 g/mol. The molecule has 2 heterocycles. The topological polar surface area (TPSA) is 122 Å². The molecule has 7 N–H and O–H groups in total. The van der Waals surface area contributed by atoms with E-state index in [0.29, 0.717) is 17.6 Å². The largest absolute Gasteiger partial charge is 0.390 e. The molecule has 8 nitrogen and oxygen atoms in total. The fraction of sp³-hybridized carbons (Fsp3) is 0.577. The second kappa shape index (κ2) is 14.9. The monoisotopic (exact) mass is 535 g/mol. The van der Waals surface area contributed by atoms with Crippen LogP contribution in [0.1, 0.15) is 36.5 Å². The summed E-state index contributed by atoms with van der Waals surface area (Å²) in [5.74, 6) is 1.82. The summed E-state index contributed by atoms with van der Waals surface area (Å²) in [7, 11) is 0. The number of rotatable bonds is 14. The number of aryl methyl sites for hydroxylation is 2. The molecule has 0 spiro atoms. The third-order valence-corrected chi connectivity index (χ3v) is 7.77. The minimum atomic E-state index is -0.677. The molecule has 2 aromatic rings. The normalized spacial score (nSPS) is 16.5. The minimum absolute atomic E-state index is 0.479. The molecule has 10 heteroatoms. The van der Waals surface area contributed by atoms with Gasteiger partial charge in [0.05, 0.1) is 24.6 Å². The molecule has 0 amide bonds. The zero-order valence-corrected chi connectivity index (χ0v) is 23.2. The van der Waals surface area contributed by atoms with Crippen LogP contribution in [-0.4, -0.2) is 73.4 Å². The number of hydrogen-bond donors (Lipinski definition) is 4. The van der Waals surface area contributed by atoms with E-state index in [0.717, 1.165) is 81.2 Å². The quantitative estimate of drug-likeness (QED) is 0.166. The zero-order chi connectivity index (χ0) is 25.9. The Morgan fingerprint density at radius 3 is 2.72 bits per heavy atom. The van der Waals surface area contributed by atoms with Crippen LogP contribution in [-0.2, 0) is 24.0 Å². The highest BCUT2D eigenvalue weighted by molar-refractivity contribution is 7.98. The molecule has 0 bridgehead atoms. The first kappa shape index (κ1) is 28.8. The lowest BCUT2D eigenvalue weighted by molar-refractivity contribution is 0.0135. The molecule has 36 heavy (non-hydrogen) atoms. The van der Waals surface area contributed by atoms with Crippen molar-refractivity contribution >= 4 is 41.2 Å². The lowest BCUT2D eigenvalue weighted by atomic mass is 9.98. The molecule has 0 aliphatic carbocycles. The number of hydrogen-bond acceptors (Lipinski definition) is 7. The van der Waals surface area contributed by atoms with Gasteiger partial charge in [-0.2, -0.15) is 11.8 Å². The number of H-pyrrole nitrogens is 1. The summed E-state index contributed by atoms with van der Waals surface area (Å²) >= 11 is 8.35. The van der Waals surface area contributed by atoms with Crippen LogP contribution in [0.4, 0.5) is 11.5 Å². The van der Waals surface area contributed by atoms with E-state index in [4.69, 9.17) is 33.5 Å². The molecular formula is C26H42ClN7OS. The van der Waals surface area contributed by atoms with Crippen LogP contribution in [0.15, 0.2) is 29.4 Å². The van der Waals surface area contributed by atoms with Crippen LogP contribution >= 0.6 is 23.4 Å². The van der Waals surface area contributed by atoms with Gasteiger partial charge in [-0.15, -0.1) is 0 Å². The van der Waals surface area contributed by atoms with Crippen LogP contribution in [0.25, 0.3) is 0 Å². The number of morpholine rings is 1. The molecule has 2 unspecified atom stereocenters. The van der Waals surface area contributed by atoms with Crippen molar-refractivity contribution in [3.63, 3.8) is 0 Å². The summed E-state index contributed by atoms with van der Waals surface area (Å²) < 4.78 is 5.54. The van der Waals surface area contributed by atoms with Gasteiger partial charge in [-0.3, -0.25) is 15.5 Å². The number of anilines is 2. The number of aromatic amines is 1. The number of nitrogens with zero attached hydrogens (tertiary/aromatic N) is 3.